The summed E-state index contributed by atoms with van der Waals surface area (Å²) in [6, 6.07) is 24.7. The molecule has 1 unspecified atom stereocenters. The van der Waals surface area contributed by atoms with Crippen molar-refractivity contribution in [3.05, 3.63) is 107 Å². The number of tetrazole rings is 1. The normalized spacial score (nSPS) is 14.8. The van der Waals surface area contributed by atoms with E-state index in [0.717, 1.165) is 16.9 Å². The van der Waals surface area contributed by atoms with Gasteiger partial charge in [-0.2, -0.15) is 4.68 Å². The van der Waals surface area contributed by atoms with E-state index in [4.69, 9.17) is 4.74 Å². The summed E-state index contributed by atoms with van der Waals surface area (Å²) in [7, 11) is 0. The quantitative estimate of drug-likeness (QED) is 0.448. The van der Waals surface area contributed by atoms with Gasteiger partial charge in [-0.3, -0.25) is 4.79 Å². The number of carbonyl (C=O) groups is 1. The zero-order valence-corrected chi connectivity index (χ0v) is 18.9. The van der Waals surface area contributed by atoms with Crippen molar-refractivity contribution in [2.75, 3.05) is 10.6 Å². The van der Waals surface area contributed by atoms with Crippen LogP contribution in [0.1, 0.15) is 29.7 Å². The number of allylic oxidation sites excluding steroid dienone is 1. The summed E-state index contributed by atoms with van der Waals surface area (Å²) in [6.07, 6.45) is 0. The monoisotopic (exact) mass is 452 g/mol. The molecule has 1 aliphatic rings. The average Bonchev–Trinajstić information content (AvgIpc) is 3.32. The Morgan fingerprint density at radius 3 is 2.50 bits per heavy atom. The number of nitrogens with one attached hydrogen (secondary N) is 2. The number of rotatable bonds is 6. The van der Waals surface area contributed by atoms with Gasteiger partial charge in [-0.25, -0.2) is 0 Å². The molecule has 0 fully saturated rings. The van der Waals surface area contributed by atoms with E-state index in [2.05, 4.69) is 45.2 Å². The van der Waals surface area contributed by atoms with Crippen LogP contribution in [0.4, 0.5) is 11.6 Å². The molecule has 8 heteroatoms. The number of hydrogen-bond acceptors (Lipinski definition) is 6. The van der Waals surface area contributed by atoms with Crippen LogP contribution in [0, 0.1) is 6.92 Å². The topological polar surface area (TPSA) is 94.0 Å². The zero-order chi connectivity index (χ0) is 23.5. The van der Waals surface area contributed by atoms with Crippen molar-refractivity contribution in [2.45, 2.75) is 26.5 Å². The summed E-state index contributed by atoms with van der Waals surface area (Å²) < 4.78 is 7.61. The van der Waals surface area contributed by atoms with Gasteiger partial charge < -0.3 is 15.4 Å². The molecule has 0 spiro atoms. The Labute approximate surface area is 197 Å². The first-order valence-electron chi connectivity index (χ1n) is 11.0. The summed E-state index contributed by atoms with van der Waals surface area (Å²) in [6.45, 7) is 4.41. The summed E-state index contributed by atoms with van der Waals surface area (Å²) in [4.78, 5) is 13.3. The molecule has 170 valence electrons. The van der Waals surface area contributed by atoms with Gasteiger partial charge in [0.25, 0.3) is 5.91 Å². The van der Waals surface area contributed by atoms with Crippen LogP contribution >= 0.6 is 0 Å². The molecule has 8 nitrogen and oxygen atoms in total. The fourth-order valence-corrected chi connectivity index (χ4v) is 4.01. The number of anilines is 2. The van der Waals surface area contributed by atoms with Gasteiger partial charge in [0.15, 0.2) is 0 Å². The molecule has 4 aromatic rings. The molecule has 0 saturated carbocycles. The number of para-hydroxylation sites is 1. The highest BCUT2D eigenvalue weighted by Gasteiger charge is 2.34. The van der Waals surface area contributed by atoms with Crippen LogP contribution in [-0.2, 0) is 11.4 Å². The van der Waals surface area contributed by atoms with Crippen molar-refractivity contribution in [1.29, 1.82) is 0 Å². The highest BCUT2D eigenvalue weighted by molar-refractivity contribution is 6.06. The van der Waals surface area contributed by atoms with E-state index in [1.807, 2.05) is 73.7 Å². The minimum atomic E-state index is -0.486. The van der Waals surface area contributed by atoms with Crippen LogP contribution in [-0.4, -0.2) is 26.1 Å². The van der Waals surface area contributed by atoms with E-state index in [9.17, 15) is 4.79 Å². The Morgan fingerprint density at radius 1 is 1.00 bits per heavy atom. The van der Waals surface area contributed by atoms with Gasteiger partial charge in [-0.1, -0.05) is 59.7 Å². The summed E-state index contributed by atoms with van der Waals surface area (Å²) in [5, 5.41) is 18.1. The third kappa shape index (κ3) is 4.25. The molecule has 0 radical (unpaired) electrons. The zero-order valence-electron chi connectivity index (χ0n) is 18.9. The number of hydrogen-bond donors (Lipinski definition) is 2. The molecule has 5 rings (SSSR count). The SMILES string of the molecule is CC1=C(C(=O)Nc2ccccc2)C(c2ccc(OCc3ccccc3C)cc2)n2nnnc2N1. The number of aryl methyl sites for hydroxylation is 1. The second kappa shape index (κ2) is 9.19. The highest BCUT2D eigenvalue weighted by atomic mass is 16.5. The lowest BCUT2D eigenvalue weighted by Gasteiger charge is -2.28. The Bertz CT molecular complexity index is 1350. The van der Waals surface area contributed by atoms with E-state index in [1.165, 1.54) is 5.56 Å². The van der Waals surface area contributed by atoms with Gasteiger partial charge in [-0.05, 0) is 65.2 Å². The molecule has 1 atom stereocenters. The Hall–Kier alpha value is -4.46. The fourth-order valence-electron chi connectivity index (χ4n) is 4.01. The van der Waals surface area contributed by atoms with Crippen molar-refractivity contribution in [2.24, 2.45) is 0 Å². The lowest BCUT2D eigenvalue weighted by Crippen LogP contribution is -2.31. The first-order valence-corrected chi connectivity index (χ1v) is 11.0. The van der Waals surface area contributed by atoms with Crippen LogP contribution in [0.15, 0.2) is 90.1 Å². The van der Waals surface area contributed by atoms with Crippen LogP contribution in [0.2, 0.25) is 0 Å². The first kappa shape index (κ1) is 21.4. The van der Waals surface area contributed by atoms with Gasteiger partial charge in [0.05, 0.1) is 5.57 Å². The van der Waals surface area contributed by atoms with Crippen LogP contribution in [0.25, 0.3) is 0 Å². The third-order valence-electron chi connectivity index (χ3n) is 5.84. The lowest BCUT2D eigenvalue weighted by atomic mass is 9.95. The number of ether oxygens (including phenoxy) is 1. The number of amides is 1. The maximum absolute atomic E-state index is 13.3. The maximum atomic E-state index is 13.3. The minimum absolute atomic E-state index is 0.220. The largest absolute Gasteiger partial charge is 0.489 e. The molecule has 0 saturated heterocycles. The second-order valence-corrected chi connectivity index (χ2v) is 8.12. The molecular weight excluding hydrogens is 428 g/mol. The molecule has 3 aromatic carbocycles. The van der Waals surface area contributed by atoms with Gasteiger partial charge in [-0.15, -0.1) is 0 Å². The molecule has 2 N–H and O–H groups in total. The van der Waals surface area contributed by atoms with Crippen molar-refractivity contribution >= 4 is 17.5 Å². The number of aromatic nitrogens is 4. The molecular formula is C26H24N6O2. The minimum Gasteiger partial charge on any atom is -0.489 e. The number of fused-ring (bicyclic) bond motifs is 1. The third-order valence-corrected chi connectivity index (χ3v) is 5.84. The smallest absolute Gasteiger partial charge is 0.255 e. The van der Waals surface area contributed by atoms with Crippen molar-refractivity contribution < 1.29 is 9.53 Å². The summed E-state index contributed by atoms with van der Waals surface area (Å²) in [5.74, 6) is 1.01. The summed E-state index contributed by atoms with van der Waals surface area (Å²) >= 11 is 0. The van der Waals surface area contributed by atoms with Crippen LogP contribution in [0.3, 0.4) is 0 Å². The fraction of sp³-hybridized carbons (Fsp3) is 0.154. The van der Waals surface area contributed by atoms with Crippen LogP contribution in [0.5, 0.6) is 5.75 Å². The van der Waals surface area contributed by atoms with E-state index in [0.29, 0.717) is 29.5 Å². The molecule has 0 aliphatic carbocycles. The Kier molecular flexibility index (Phi) is 5.78. The molecule has 1 aliphatic heterocycles. The van der Waals surface area contributed by atoms with Crippen molar-refractivity contribution in [3.8, 4) is 5.75 Å². The van der Waals surface area contributed by atoms with Crippen molar-refractivity contribution in [1.82, 2.24) is 20.2 Å². The molecule has 1 amide bonds. The predicted molar refractivity (Wildman–Crippen MR) is 129 cm³/mol. The van der Waals surface area contributed by atoms with Gasteiger partial charge in [0.2, 0.25) is 5.95 Å². The van der Waals surface area contributed by atoms with E-state index < -0.39 is 6.04 Å². The Morgan fingerprint density at radius 2 is 1.74 bits per heavy atom. The number of carbonyl (C=O) groups excluding carboxylic acids is 1. The van der Waals surface area contributed by atoms with Gasteiger partial charge in [0, 0.05) is 11.4 Å². The molecule has 2 heterocycles. The first-order chi connectivity index (χ1) is 16.6. The van der Waals surface area contributed by atoms with Gasteiger partial charge >= 0.3 is 0 Å². The standard InChI is InChI=1S/C26H24N6O2/c1-17-8-6-7-9-20(17)16-34-22-14-12-19(13-15-22)24-23(18(2)27-26-29-30-31-32(24)26)25(33)28-21-10-4-3-5-11-21/h3-15,24H,16H2,1-2H3,(H,28,33)(H,27,29,31). The van der Waals surface area contributed by atoms with E-state index in [-0.39, 0.29) is 5.91 Å². The highest BCUT2D eigenvalue weighted by Crippen LogP contribution is 2.35. The predicted octanol–water partition coefficient (Wildman–Crippen LogP) is 4.49. The van der Waals surface area contributed by atoms with E-state index >= 15 is 0 Å². The van der Waals surface area contributed by atoms with E-state index in [1.54, 1.807) is 4.68 Å². The van der Waals surface area contributed by atoms with Gasteiger partial charge in [0.1, 0.15) is 18.4 Å². The average molecular weight is 453 g/mol. The Balaban J connectivity index is 1.42. The van der Waals surface area contributed by atoms with Crippen molar-refractivity contribution in [3.63, 3.8) is 0 Å². The number of benzene rings is 3. The second-order valence-electron chi connectivity index (χ2n) is 8.12. The molecule has 34 heavy (non-hydrogen) atoms. The molecule has 0 bridgehead atoms. The summed E-state index contributed by atoms with van der Waals surface area (Å²) in [5.41, 5.74) is 5.15. The van der Waals surface area contributed by atoms with Crippen LogP contribution < -0.4 is 15.4 Å². The lowest BCUT2D eigenvalue weighted by molar-refractivity contribution is -0.113. The number of nitrogens with zero attached hydrogens (tertiary/aromatic N) is 4. The molecule has 1 aromatic heterocycles. The maximum Gasteiger partial charge on any atom is 0.255 e.